The number of hydrogen-bond acceptors (Lipinski definition) is 6. The van der Waals surface area contributed by atoms with Crippen LogP contribution in [0.5, 0.6) is 0 Å². The minimum absolute atomic E-state index is 0.296. The van der Waals surface area contributed by atoms with Crippen molar-refractivity contribution in [2.75, 3.05) is 0 Å². The highest BCUT2D eigenvalue weighted by Gasteiger charge is 2.30. The van der Waals surface area contributed by atoms with Gasteiger partial charge in [0.1, 0.15) is 3.63 Å². The van der Waals surface area contributed by atoms with Crippen molar-refractivity contribution in [1.29, 1.82) is 0 Å². The number of nitrogens with zero attached hydrogens (tertiary/aromatic N) is 4. The Balaban J connectivity index is 1.55. The summed E-state index contributed by atoms with van der Waals surface area (Å²) in [6, 6.07) is 10.1. The first-order valence-electron chi connectivity index (χ1n) is 7.38. The molecule has 26 heavy (non-hydrogen) atoms. The summed E-state index contributed by atoms with van der Waals surface area (Å²) in [5.74, 6) is 1.37. The molecule has 0 fully saturated rings. The van der Waals surface area contributed by atoms with Crippen LogP contribution in [-0.4, -0.2) is 24.6 Å². The van der Waals surface area contributed by atoms with Gasteiger partial charge in [-0.2, -0.15) is 3.21 Å². The summed E-state index contributed by atoms with van der Waals surface area (Å²) in [5, 5.41) is 8.17. The van der Waals surface area contributed by atoms with Gasteiger partial charge in [0, 0.05) is 16.9 Å². The zero-order chi connectivity index (χ0) is 18.1. The summed E-state index contributed by atoms with van der Waals surface area (Å²) < 4.78 is 31.0. The molecule has 1 aromatic heterocycles. The van der Waals surface area contributed by atoms with Gasteiger partial charge in [-0.05, 0) is 11.6 Å². The predicted octanol–water partition coefficient (Wildman–Crippen LogP) is 5.46. The lowest BCUT2D eigenvalue weighted by atomic mass is 10.2. The fourth-order valence-corrected chi connectivity index (χ4v) is 6.40. The van der Waals surface area contributed by atoms with Crippen molar-refractivity contribution in [3.05, 3.63) is 68.1 Å². The SMILES string of the molecule is FC(F)c1nnc(C2=NI=C3C(Cl)=CC(SCc4ccccc4)=CN23)s1. The largest absolute Gasteiger partial charge is 0.291 e. The molecule has 2 aliphatic rings. The molecule has 0 amide bonds. The minimum Gasteiger partial charge on any atom is -0.290 e. The fraction of sp³-hybridized carbons (Fsp3) is 0.125. The Kier molecular flexibility index (Phi) is 5.48. The molecule has 0 bridgehead atoms. The smallest absolute Gasteiger partial charge is 0.290 e. The van der Waals surface area contributed by atoms with Gasteiger partial charge in [0.15, 0.2) is 15.9 Å². The Morgan fingerprint density at radius 1 is 1.23 bits per heavy atom. The molecule has 10 heteroatoms. The molecule has 3 heterocycles. The molecule has 134 valence electrons. The normalized spacial score (nSPS) is 16.5. The van der Waals surface area contributed by atoms with E-state index in [1.165, 1.54) is 5.56 Å². The molecule has 0 spiro atoms. The number of rotatable bonds is 5. The maximum absolute atomic E-state index is 12.8. The highest BCUT2D eigenvalue weighted by molar-refractivity contribution is 14.2. The van der Waals surface area contributed by atoms with E-state index in [2.05, 4.69) is 25.5 Å². The van der Waals surface area contributed by atoms with Crippen molar-refractivity contribution >= 4 is 65.2 Å². The standard InChI is InChI=1S/C16H10ClF2IN4S2/c17-11-6-10(25-8-9-4-2-1-3-5-9)7-24-13(11)20-21-14(24)16-23-22-15(26-16)12(18)19/h1-7,12H,8H2. The Morgan fingerprint density at radius 3 is 2.77 bits per heavy atom. The van der Waals surface area contributed by atoms with Crippen LogP contribution in [0.3, 0.4) is 0 Å². The van der Waals surface area contributed by atoms with E-state index in [-0.39, 0.29) is 5.01 Å². The Morgan fingerprint density at radius 2 is 2.04 bits per heavy atom. The lowest BCUT2D eigenvalue weighted by molar-refractivity contribution is 0.150. The third-order valence-corrected chi connectivity index (χ3v) is 8.26. The van der Waals surface area contributed by atoms with Crippen molar-refractivity contribution in [1.82, 2.24) is 15.1 Å². The first-order valence-corrected chi connectivity index (χ1v) is 11.6. The van der Waals surface area contributed by atoms with Gasteiger partial charge in [-0.25, -0.2) is 8.78 Å². The molecule has 2 aliphatic heterocycles. The molecule has 0 unspecified atom stereocenters. The Labute approximate surface area is 171 Å². The highest BCUT2D eigenvalue weighted by Crippen LogP contribution is 2.36. The van der Waals surface area contributed by atoms with Gasteiger partial charge in [0.05, 0.1) is 26.0 Å². The number of aromatic nitrogens is 2. The van der Waals surface area contributed by atoms with Crippen molar-refractivity contribution in [2.24, 2.45) is 3.21 Å². The van der Waals surface area contributed by atoms with Crippen LogP contribution in [0.25, 0.3) is 0 Å². The zero-order valence-corrected chi connectivity index (χ0v) is 17.5. The van der Waals surface area contributed by atoms with E-state index >= 15 is 0 Å². The maximum Gasteiger partial charge on any atom is 0.291 e. The maximum atomic E-state index is 12.8. The number of fused-ring (bicyclic) bond motifs is 1. The van der Waals surface area contributed by atoms with E-state index in [1.54, 1.807) is 11.8 Å². The summed E-state index contributed by atoms with van der Waals surface area (Å²) in [4.78, 5) is 2.86. The minimum atomic E-state index is -2.63. The van der Waals surface area contributed by atoms with Crippen LogP contribution in [0.15, 0.2) is 55.8 Å². The van der Waals surface area contributed by atoms with Gasteiger partial charge in [-0.1, -0.05) is 53.3 Å². The van der Waals surface area contributed by atoms with Crippen LogP contribution in [0.1, 0.15) is 22.0 Å². The number of allylic oxidation sites excluding steroid dienone is 1. The molecule has 0 saturated heterocycles. The first-order chi connectivity index (χ1) is 12.6. The molecule has 4 rings (SSSR count). The summed E-state index contributed by atoms with van der Waals surface area (Å²) in [6.45, 7) is 0. The van der Waals surface area contributed by atoms with E-state index in [1.807, 2.05) is 35.4 Å². The molecule has 2 aromatic rings. The number of thioether (sulfide) groups is 1. The van der Waals surface area contributed by atoms with Crippen LogP contribution in [-0.2, 0) is 5.75 Å². The van der Waals surface area contributed by atoms with Gasteiger partial charge in [-0.15, -0.1) is 22.0 Å². The number of benzene rings is 1. The predicted molar refractivity (Wildman–Crippen MR) is 112 cm³/mol. The van der Waals surface area contributed by atoms with E-state index < -0.39 is 27.4 Å². The van der Waals surface area contributed by atoms with Gasteiger partial charge < -0.3 is 0 Å². The molecular weight excluding hydrogens is 513 g/mol. The second-order valence-corrected chi connectivity index (χ2v) is 9.65. The van der Waals surface area contributed by atoms with Crippen LogP contribution < -0.4 is 0 Å². The first kappa shape index (κ1) is 18.2. The third kappa shape index (κ3) is 3.75. The number of halogens is 4. The number of amidine groups is 1. The quantitative estimate of drug-likeness (QED) is 0.489. The van der Waals surface area contributed by atoms with Gasteiger partial charge in [0.2, 0.25) is 0 Å². The van der Waals surface area contributed by atoms with Crippen molar-refractivity contribution in [3.8, 4) is 0 Å². The average Bonchev–Trinajstić information content (AvgIpc) is 3.28. The molecule has 4 nitrogen and oxygen atoms in total. The summed E-state index contributed by atoms with van der Waals surface area (Å²) in [5.41, 5.74) is 1.21. The van der Waals surface area contributed by atoms with Gasteiger partial charge in [-0.3, -0.25) is 4.90 Å². The second kappa shape index (κ2) is 7.83. The lowest BCUT2D eigenvalue weighted by Gasteiger charge is -2.22. The Hall–Kier alpha value is -1.17. The highest BCUT2D eigenvalue weighted by atomic mass is 127. The van der Waals surface area contributed by atoms with Crippen molar-refractivity contribution < 1.29 is 8.78 Å². The average molecular weight is 523 g/mol. The third-order valence-electron chi connectivity index (χ3n) is 3.43. The summed E-state index contributed by atoms with van der Waals surface area (Å²) >= 11 is 8.28. The lowest BCUT2D eigenvalue weighted by Crippen LogP contribution is -2.31. The second-order valence-electron chi connectivity index (χ2n) is 5.20. The van der Waals surface area contributed by atoms with Crippen molar-refractivity contribution in [3.63, 3.8) is 0 Å². The van der Waals surface area contributed by atoms with Crippen LogP contribution in [0.4, 0.5) is 8.78 Å². The van der Waals surface area contributed by atoms with E-state index in [4.69, 9.17) is 11.6 Å². The number of alkyl halides is 2. The van der Waals surface area contributed by atoms with Crippen molar-refractivity contribution in [2.45, 2.75) is 12.2 Å². The topological polar surface area (TPSA) is 41.4 Å². The zero-order valence-electron chi connectivity index (χ0n) is 12.9. The fourth-order valence-electron chi connectivity index (χ4n) is 2.25. The van der Waals surface area contributed by atoms with E-state index in [0.29, 0.717) is 15.9 Å². The molecule has 0 atom stereocenters. The van der Waals surface area contributed by atoms with Crippen LogP contribution in [0, 0.1) is 0 Å². The Bertz CT molecular complexity index is 956. The summed E-state index contributed by atoms with van der Waals surface area (Å²) in [6.07, 6.45) is 1.26. The number of hydrogen-bond donors (Lipinski definition) is 0. The molecule has 1 aromatic carbocycles. The van der Waals surface area contributed by atoms with Crippen LogP contribution >= 0.6 is 55.7 Å². The molecule has 0 N–H and O–H groups in total. The molecule has 0 radical (unpaired) electrons. The van der Waals surface area contributed by atoms with E-state index in [0.717, 1.165) is 25.6 Å². The molecule has 0 saturated carbocycles. The monoisotopic (exact) mass is 522 g/mol. The summed E-state index contributed by atoms with van der Waals surface area (Å²) in [7, 11) is 0. The van der Waals surface area contributed by atoms with Gasteiger partial charge >= 0.3 is 0 Å². The molecular formula is C16H10ClF2IN4S2. The molecule has 0 aliphatic carbocycles. The van der Waals surface area contributed by atoms with E-state index in [9.17, 15) is 8.78 Å². The van der Waals surface area contributed by atoms with Gasteiger partial charge in [0.25, 0.3) is 6.43 Å². The van der Waals surface area contributed by atoms with Crippen LogP contribution in [0.2, 0.25) is 0 Å².